The largest absolute Gasteiger partial charge is 0.462 e. The van der Waals surface area contributed by atoms with Gasteiger partial charge in [-0.3, -0.25) is 9.59 Å². The summed E-state index contributed by atoms with van der Waals surface area (Å²) in [4.78, 5) is 25.5. The van der Waals surface area contributed by atoms with Crippen LogP contribution >= 0.6 is 0 Å². The zero-order chi connectivity index (χ0) is 46.3. The molecule has 0 amide bonds. The highest BCUT2D eigenvalue weighted by Crippen LogP contribution is 2.14. The Morgan fingerprint density at radius 3 is 1.17 bits per heavy atom. The van der Waals surface area contributed by atoms with E-state index >= 15 is 0 Å². The molecule has 0 aliphatic rings. The lowest BCUT2D eigenvalue weighted by Crippen LogP contribution is -2.30. The number of carbonyl (C=O) groups is 2. The summed E-state index contributed by atoms with van der Waals surface area (Å²) in [5.74, 6) is -0.419. The van der Waals surface area contributed by atoms with E-state index in [1.54, 1.807) is 0 Å². The fraction of sp³-hybridized carbons (Fsp3) is 0.763. The lowest BCUT2D eigenvalue weighted by Gasteiger charge is -2.18. The highest BCUT2D eigenvalue weighted by molar-refractivity contribution is 5.70. The highest BCUT2D eigenvalue weighted by Gasteiger charge is 2.17. The molecule has 0 fully saturated rings. The molecule has 0 saturated heterocycles. The summed E-state index contributed by atoms with van der Waals surface area (Å²) in [5.41, 5.74) is 0. The first-order chi connectivity index (χ1) is 31.6. The van der Waals surface area contributed by atoms with Crippen LogP contribution in [-0.4, -0.2) is 37.9 Å². The minimum absolute atomic E-state index is 0.0689. The lowest BCUT2D eigenvalue weighted by atomic mass is 10.1. The van der Waals surface area contributed by atoms with E-state index in [0.717, 1.165) is 83.5 Å². The number of carbonyl (C=O) groups excluding carboxylic acids is 2. The van der Waals surface area contributed by atoms with Gasteiger partial charge in [-0.05, 0) is 109 Å². The van der Waals surface area contributed by atoms with Crippen LogP contribution in [0.25, 0.3) is 0 Å². The number of hydrogen-bond acceptors (Lipinski definition) is 5. The van der Waals surface area contributed by atoms with E-state index in [0.29, 0.717) is 19.4 Å². The van der Waals surface area contributed by atoms with Crippen molar-refractivity contribution in [3.63, 3.8) is 0 Å². The first-order valence-corrected chi connectivity index (χ1v) is 27.5. The minimum atomic E-state index is -0.556. The number of hydrogen-bond donors (Lipinski definition) is 0. The summed E-state index contributed by atoms with van der Waals surface area (Å²) in [6.45, 7) is 7.65. The number of unbranched alkanes of at least 4 members (excludes halogenated alkanes) is 27. The van der Waals surface area contributed by atoms with Crippen molar-refractivity contribution in [2.24, 2.45) is 0 Å². The summed E-state index contributed by atoms with van der Waals surface area (Å²) in [6, 6.07) is 0. The Bertz CT molecular complexity index is 1150. The molecule has 0 saturated carbocycles. The Labute approximate surface area is 397 Å². The Morgan fingerprint density at radius 2 is 0.703 bits per heavy atom. The van der Waals surface area contributed by atoms with Gasteiger partial charge in [0.2, 0.25) is 0 Å². The van der Waals surface area contributed by atoms with E-state index in [2.05, 4.69) is 93.7 Å². The lowest BCUT2D eigenvalue weighted by molar-refractivity contribution is -0.163. The van der Waals surface area contributed by atoms with Crippen LogP contribution in [0.15, 0.2) is 72.9 Å². The quantitative estimate of drug-likeness (QED) is 0.0346. The van der Waals surface area contributed by atoms with E-state index in [-0.39, 0.29) is 25.2 Å². The summed E-state index contributed by atoms with van der Waals surface area (Å²) in [6.07, 6.45) is 70.6. The van der Waals surface area contributed by atoms with Crippen molar-refractivity contribution in [2.45, 2.75) is 271 Å². The van der Waals surface area contributed by atoms with Crippen LogP contribution < -0.4 is 0 Å². The van der Waals surface area contributed by atoms with Crippen molar-refractivity contribution in [1.82, 2.24) is 0 Å². The molecule has 0 aliphatic heterocycles. The molecule has 5 heteroatoms. The third-order valence-electron chi connectivity index (χ3n) is 11.7. The van der Waals surface area contributed by atoms with Crippen LogP contribution in [0.5, 0.6) is 0 Å². The van der Waals surface area contributed by atoms with E-state index in [4.69, 9.17) is 14.2 Å². The van der Waals surface area contributed by atoms with Gasteiger partial charge in [0.15, 0.2) is 6.10 Å². The van der Waals surface area contributed by atoms with Gasteiger partial charge in [-0.25, -0.2) is 0 Å². The van der Waals surface area contributed by atoms with E-state index in [1.165, 1.54) is 148 Å². The van der Waals surface area contributed by atoms with E-state index in [9.17, 15) is 9.59 Å². The number of rotatable bonds is 50. The predicted octanol–water partition coefficient (Wildman–Crippen LogP) is 18.7. The number of esters is 2. The van der Waals surface area contributed by atoms with Gasteiger partial charge in [0.25, 0.3) is 0 Å². The van der Waals surface area contributed by atoms with Crippen LogP contribution in [0.4, 0.5) is 0 Å². The topological polar surface area (TPSA) is 61.8 Å². The Hall–Kier alpha value is -2.66. The molecule has 0 aromatic carbocycles. The zero-order valence-corrected chi connectivity index (χ0v) is 42.5. The highest BCUT2D eigenvalue weighted by atomic mass is 16.6. The number of allylic oxidation sites excluding steroid dienone is 12. The smallest absolute Gasteiger partial charge is 0.306 e. The third-order valence-corrected chi connectivity index (χ3v) is 11.7. The molecule has 0 bridgehead atoms. The second-order valence-corrected chi connectivity index (χ2v) is 18.1. The van der Waals surface area contributed by atoms with Crippen LogP contribution in [0, 0.1) is 0 Å². The first-order valence-electron chi connectivity index (χ1n) is 27.5. The van der Waals surface area contributed by atoms with Crippen molar-refractivity contribution in [1.29, 1.82) is 0 Å². The molecule has 1 unspecified atom stereocenters. The van der Waals surface area contributed by atoms with Gasteiger partial charge in [0.1, 0.15) is 6.61 Å². The molecule has 0 aromatic heterocycles. The van der Waals surface area contributed by atoms with Gasteiger partial charge in [0.05, 0.1) is 6.61 Å². The van der Waals surface area contributed by atoms with Gasteiger partial charge >= 0.3 is 11.9 Å². The first kappa shape index (κ1) is 61.3. The fourth-order valence-corrected chi connectivity index (χ4v) is 7.61. The maximum atomic E-state index is 12.8. The predicted molar refractivity (Wildman–Crippen MR) is 279 cm³/mol. The third kappa shape index (κ3) is 52.0. The second kappa shape index (κ2) is 54.7. The summed E-state index contributed by atoms with van der Waals surface area (Å²) < 4.78 is 17.4. The van der Waals surface area contributed by atoms with Crippen LogP contribution in [-0.2, 0) is 23.8 Å². The molecule has 5 nitrogen and oxygen atoms in total. The van der Waals surface area contributed by atoms with Crippen molar-refractivity contribution in [3.05, 3.63) is 72.9 Å². The SMILES string of the molecule is CC/C=C\C/C=C\C/C=C\CCCCCCOCC(COC(=O)CCCCCCCCC/C=C\C/C=C\CCCCC)OC(=O)CCCCCCCCC/C=C\CCCCCCCC. The van der Waals surface area contributed by atoms with E-state index in [1.807, 2.05) is 0 Å². The molecule has 0 heterocycles. The Morgan fingerprint density at radius 1 is 0.359 bits per heavy atom. The Balaban J connectivity index is 4.31. The molecule has 0 aromatic rings. The molecule has 0 aliphatic carbocycles. The maximum absolute atomic E-state index is 12.8. The molecule has 0 rings (SSSR count). The molecule has 1 atom stereocenters. The van der Waals surface area contributed by atoms with Crippen LogP contribution in [0.3, 0.4) is 0 Å². The average Bonchev–Trinajstić information content (AvgIpc) is 3.30. The average molecular weight is 893 g/mol. The van der Waals surface area contributed by atoms with Crippen LogP contribution in [0.1, 0.15) is 265 Å². The van der Waals surface area contributed by atoms with Gasteiger partial charge in [-0.1, -0.05) is 216 Å². The zero-order valence-electron chi connectivity index (χ0n) is 42.5. The summed E-state index contributed by atoms with van der Waals surface area (Å²) >= 11 is 0. The molecular formula is C59H104O5. The standard InChI is InChI=1S/C59H104O5/c1-4-7-10-13-16-19-22-25-28-30-32-34-37-40-43-46-49-52-58(60)63-56-57(55-62-54-51-48-45-42-39-36-27-24-21-18-15-12-9-6-3)64-59(61)53-50-47-44-41-38-35-33-31-29-26-23-20-17-14-11-8-5-2/h9,12,16,18-19,21,25-29,36,57H,4-8,10-11,13-15,17,20,22-24,30-35,37-56H2,1-3H3/b12-9-,19-16-,21-18-,28-25-,29-26-,36-27-. The fourth-order valence-electron chi connectivity index (χ4n) is 7.61. The summed E-state index contributed by atoms with van der Waals surface area (Å²) in [7, 11) is 0. The van der Waals surface area contributed by atoms with Crippen LogP contribution in [0.2, 0.25) is 0 Å². The molecule has 0 radical (unpaired) electrons. The van der Waals surface area contributed by atoms with Crippen molar-refractivity contribution in [2.75, 3.05) is 19.8 Å². The van der Waals surface area contributed by atoms with Crippen molar-refractivity contribution in [3.8, 4) is 0 Å². The normalized spacial score (nSPS) is 12.7. The van der Waals surface area contributed by atoms with Crippen molar-refractivity contribution < 1.29 is 23.8 Å². The maximum Gasteiger partial charge on any atom is 0.306 e. The van der Waals surface area contributed by atoms with Gasteiger partial charge in [-0.2, -0.15) is 0 Å². The number of ether oxygens (including phenoxy) is 3. The molecular weight excluding hydrogens is 789 g/mol. The monoisotopic (exact) mass is 893 g/mol. The molecule has 370 valence electrons. The van der Waals surface area contributed by atoms with Gasteiger partial charge in [-0.15, -0.1) is 0 Å². The second-order valence-electron chi connectivity index (χ2n) is 18.1. The Kier molecular flexibility index (Phi) is 52.4. The molecule has 0 N–H and O–H groups in total. The minimum Gasteiger partial charge on any atom is -0.462 e. The van der Waals surface area contributed by atoms with Crippen molar-refractivity contribution >= 4 is 11.9 Å². The van der Waals surface area contributed by atoms with E-state index < -0.39 is 6.10 Å². The van der Waals surface area contributed by atoms with Gasteiger partial charge in [0, 0.05) is 19.4 Å². The molecule has 0 spiro atoms. The van der Waals surface area contributed by atoms with Gasteiger partial charge < -0.3 is 14.2 Å². The summed E-state index contributed by atoms with van der Waals surface area (Å²) in [5, 5.41) is 0. The molecule has 64 heavy (non-hydrogen) atoms.